The van der Waals surface area contributed by atoms with Crippen molar-refractivity contribution in [2.24, 2.45) is 0 Å². The Morgan fingerprint density at radius 3 is 2.43 bits per heavy atom. The number of rotatable bonds is 3. The highest BCUT2D eigenvalue weighted by Crippen LogP contribution is 2.27. The van der Waals surface area contributed by atoms with Crippen LogP contribution in [0.1, 0.15) is 18.1 Å². The van der Waals surface area contributed by atoms with Crippen LogP contribution >= 0.6 is 0 Å². The summed E-state index contributed by atoms with van der Waals surface area (Å²) < 4.78 is 5.89. The van der Waals surface area contributed by atoms with Gasteiger partial charge in [-0.1, -0.05) is 67.0 Å². The van der Waals surface area contributed by atoms with Gasteiger partial charge in [-0.15, -0.1) is 0 Å². The zero-order valence-corrected chi connectivity index (χ0v) is 13.2. The largest absolute Gasteiger partial charge is 0.488 e. The maximum Gasteiger partial charge on any atom is 0.136 e. The van der Waals surface area contributed by atoms with E-state index >= 15 is 0 Å². The molecule has 3 aromatic carbocycles. The number of hydrogen-bond acceptors (Lipinski definition) is 1. The first kappa shape index (κ1) is 14.9. The zero-order valence-electron chi connectivity index (χ0n) is 13.2. The predicted octanol–water partition coefficient (Wildman–Crippen LogP) is 5.19. The predicted molar refractivity (Wildman–Crippen MR) is 96.7 cm³/mol. The third kappa shape index (κ3) is 3.62. The molecule has 0 saturated heterocycles. The molecule has 3 rings (SSSR count). The summed E-state index contributed by atoms with van der Waals surface area (Å²) in [5, 5.41) is 2.27. The Kier molecular flexibility index (Phi) is 4.45. The van der Waals surface area contributed by atoms with E-state index in [9.17, 15) is 0 Å². The minimum absolute atomic E-state index is 0.498. The van der Waals surface area contributed by atoms with Crippen molar-refractivity contribution in [2.75, 3.05) is 6.61 Å². The molecule has 112 valence electrons. The van der Waals surface area contributed by atoms with E-state index in [1.54, 1.807) is 0 Å². The van der Waals surface area contributed by atoms with Crippen molar-refractivity contribution in [1.29, 1.82) is 0 Å². The Hall–Kier alpha value is -2.98. The van der Waals surface area contributed by atoms with E-state index in [1.807, 2.05) is 55.5 Å². The van der Waals surface area contributed by atoms with Crippen LogP contribution in [0.3, 0.4) is 0 Å². The van der Waals surface area contributed by atoms with Crippen LogP contribution in [0.4, 0.5) is 0 Å². The van der Waals surface area contributed by atoms with Gasteiger partial charge in [0.2, 0.25) is 0 Å². The van der Waals surface area contributed by atoms with Gasteiger partial charge in [0, 0.05) is 10.9 Å². The molecule has 1 heteroatoms. The molecule has 23 heavy (non-hydrogen) atoms. The van der Waals surface area contributed by atoms with Crippen molar-refractivity contribution >= 4 is 10.8 Å². The van der Waals surface area contributed by atoms with E-state index in [2.05, 4.69) is 36.6 Å². The van der Waals surface area contributed by atoms with E-state index < -0.39 is 0 Å². The lowest BCUT2D eigenvalue weighted by Gasteiger charge is -2.10. The summed E-state index contributed by atoms with van der Waals surface area (Å²) in [6.45, 7) is 6.35. The highest BCUT2D eigenvalue weighted by molar-refractivity contribution is 5.90. The third-order valence-corrected chi connectivity index (χ3v) is 3.47. The van der Waals surface area contributed by atoms with Gasteiger partial charge in [-0.05, 0) is 36.1 Å². The smallest absolute Gasteiger partial charge is 0.136 e. The summed E-state index contributed by atoms with van der Waals surface area (Å²) in [5.41, 5.74) is 2.90. The molecule has 0 spiro atoms. The Morgan fingerprint density at radius 2 is 1.65 bits per heavy atom. The zero-order chi connectivity index (χ0) is 16.1. The van der Waals surface area contributed by atoms with Crippen LogP contribution in [0.25, 0.3) is 10.8 Å². The molecule has 0 aliphatic carbocycles. The minimum Gasteiger partial charge on any atom is -0.488 e. The lowest BCUT2D eigenvalue weighted by atomic mass is 10.0. The lowest BCUT2D eigenvalue weighted by molar-refractivity contribution is 0.352. The highest BCUT2D eigenvalue weighted by atomic mass is 16.5. The van der Waals surface area contributed by atoms with Crippen molar-refractivity contribution in [3.8, 4) is 17.6 Å². The molecule has 0 N–H and O–H groups in total. The fourth-order valence-electron chi connectivity index (χ4n) is 2.36. The molecule has 0 aliphatic heterocycles. The normalized spacial score (nSPS) is 9.96. The van der Waals surface area contributed by atoms with Gasteiger partial charge >= 0.3 is 0 Å². The van der Waals surface area contributed by atoms with Crippen molar-refractivity contribution in [3.63, 3.8) is 0 Å². The molecule has 0 unspecified atom stereocenters. The Bertz CT molecular complexity index is 895. The molecule has 0 fully saturated rings. The second-order valence-corrected chi connectivity index (χ2v) is 5.52. The molecular formula is C22H18O. The topological polar surface area (TPSA) is 9.23 Å². The first-order chi connectivity index (χ1) is 11.2. The maximum absolute atomic E-state index is 5.89. The average Bonchev–Trinajstić information content (AvgIpc) is 2.59. The molecule has 0 aromatic heterocycles. The van der Waals surface area contributed by atoms with Crippen LogP contribution in [0.15, 0.2) is 78.9 Å². The second-order valence-electron chi connectivity index (χ2n) is 5.52. The lowest BCUT2D eigenvalue weighted by Crippen LogP contribution is -1.99. The Balaban J connectivity index is 2.09. The first-order valence-electron chi connectivity index (χ1n) is 7.60. The number of hydrogen-bond donors (Lipinski definition) is 0. The van der Waals surface area contributed by atoms with Gasteiger partial charge in [-0.3, -0.25) is 0 Å². The fraction of sp³-hybridized carbons (Fsp3) is 0.0909. The molecule has 0 bridgehead atoms. The minimum atomic E-state index is 0.498. The van der Waals surface area contributed by atoms with E-state index in [0.717, 1.165) is 33.2 Å². The van der Waals surface area contributed by atoms with E-state index in [-0.39, 0.29) is 0 Å². The van der Waals surface area contributed by atoms with Crippen molar-refractivity contribution in [2.45, 2.75) is 6.92 Å². The summed E-state index contributed by atoms with van der Waals surface area (Å²) in [6.07, 6.45) is 0. The van der Waals surface area contributed by atoms with Gasteiger partial charge in [0.1, 0.15) is 12.4 Å². The summed E-state index contributed by atoms with van der Waals surface area (Å²) in [7, 11) is 0. The summed E-state index contributed by atoms with van der Waals surface area (Å²) in [4.78, 5) is 0. The van der Waals surface area contributed by atoms with Gasteiger partial charge in [0.05, 0.1) is 5.56 Å². The molecule has 0 heterocycles. The standard InChI is InChI=1S/C22H18O/c1-17(2)16-23-22-15-13-19-10-6-7-11-20(19)21(22)14-12-18-8-4-3-5-9-18/h3-11,13,15H,1,16H2,2H3. The van der Waals surface area contributed by atoms with Crippen LogP contribution in [0.2, 0.25) is 0 Å². The van der Waals surface area contributed by atoms with Crippen LogP contribution < -0.4 is 4.74 Å². The molecule has 0 aliphatic rings. The molecule has 0 saturated carbocycles. The Labute approximate surface area is 137 Å². The maximum atomic E-state index is 5.89. The SMILES string of the molecule is C=C(C)COc1ccc2ccccc2c1C#Cc1ccccc1. The van der Waals surface area contributed by atoms with Gasteiger partial charge in [0.15, 0.2) is 0 Å². The number of fused-ring (bicyclic) bond motifs is 1. The number of ether oxygens (including phenoxy) is 1. The van der Waals surface area contributed by atoms with Crippen LogP contribution in [0.5, 0.6) is 5.75 Å². The molecule has 3 aromatic rings. The third-order valence-electron chi connectivity index (χ3n) is 3.47. The van der Waals surface area contributed by atoms with Crippen LogP contribution in [0, 0.1) is 11.8 Å². The summed E-state index contributed by atoms with van der Waals surface area (Å²) >= 11 is 0. The van der Waals surface area contributed by atoms with Crippen molar-refractivity contribution in [3.05, 3.63) is 90.0 Å². The van der Waals surface area contributed by atoms with Gasteiger partial charge in [0.25, 0.3) is 0 Å². The summed E-state index contributed by atoms with van der Waals surface area (Å²) in [6, 6.07) is 22.3. The molecular weight excluding hydrogens is 280 g/mol. The van der Waals surface area contributed by atoms with E-state index in [4.69, 9.17) is 4.74 Å². The first-order valence-corrected chi connectivity index (χ1v) is 7.60. The summed E-state index contributed by atoms with van der Waals surface area (Å²) in [5.74, 6) is 7.32. The van der Waals surface area contributed by atoms with Gasteiger partial charge in [-0.2, -0.15) is 0 Å². The van der Waals surface area contributed by atoms with E-state index in [0.29, 0.717) is 6.61 Å². The number of benzene rings is 3. The second kappa shape index (κ2) is 6.85. The van der Waals surface area contributed by atoms with Gasteiger partial charge in [-0.25, -0.2) is 0 Å². The van der Waals surface area contributed by atoms with Crippen LogP contribution in [-0.4, -0.2) is 6.61 Å². The molecule has 0 amide bonds. The molecule has 0 radical (unpaired) electrons. The van der Waals surface area contributed by atoms with Crippen molar-refractivity contribution in [1.82, 2.24) is 0 Å². The monoisotopic (exact) mass is 298 g/mol. The Morgan fingerprint density at radius 1 is 0.913 bits per heavy atom. The van der Waals surface area contributed by atoms with E-state index in [1.165, 1.54) is 0 Å². The van der Waals surface area contributed by atoms with Crippen molar-refractivity contribution < 1.29 is 4.74 Å². The molecule has 1 nitrogen and oxygen atoms in total. The fourth-order valence-corrected chi connectivity index (χ4v) is 2.36. The highest BCUT2D eigenvalue weighted by Gasteiger charge is 2.07. The van der Waals surface area contributed by atoms with Gasteiger partial charge < -0.3 is 4.74 Å². The average molecular weight is 298 g/mol. The quantitative estimate of drug-likeness (QED) is 0.477. The molecule has 0 atom stereocenters. The van der Waals surface area contributed by atoms with Crippen LogP contribution in [-0.2, 0) is 0 Å².